The number of ether oxygens (including phenoxy) is 2. The van der Waals surface area contributed by atoms with Crippen LogP contribution >= 0.6 is 7.82 Å². The molecule has 3 N–H and O–H groups in total. The van der Waals surface area contributed by atoms with Gasteiger partial charge in [0.1, 0.15) is 6.61 Å². The lowest BCUT2D eigenvalue weighted by molar-refractivity contribution is -0.161. The van der Waals surface area contributed by atoms with E-state index in [9.17, 15) is 19.0 Å². The number of carbonyl (C=O) groups excluding carboxylic acids is 2. The maximum absolute atomic E-state index is 12.7. The zero-order chi connectivity index (χ0) is 53.1. The van der Waals surface area contributed by atoms with E-state index in [1.165, 1.54) is 244 Å². The van der Waals surface area contributed by atoms with Crippen LogP contribution in [0.1, 0.15) is 322 Å². The van der Waals surface area contributed by atoms with Gasteiger partial charge in [-0.1, -0.05) is 275 Å². The highest BCUT2D eigenvalue weighted by Gasteiger charge is 2.26. The molecule has 0 saturated heterocycles. The summed E-state index contributed by atoms with van der Waals surface area (Å²) in [7, 11) is -4.39. The highest BCUT2D eigenvalue weighted by Crippen LogP contribution is 2.43. The van der Waals surface area contributed by atoms with Crippen molar-refractivity contribution in [2.75, 3.05) is 26.4 Å². The molecule has 0 saturated carbocycles. The summed E-state index contributed by atoms with van der Waals surface area (Å²) in [5.74, 6) is -0.814. The Balaban J connectivity index is 3.89. The summed E-state index contributed by atoms with van der Waals surface area (Å²) in [5, 5.41) is 0. The Kier molecular flexibility index (Phi) is 58.0. The zero-order valence-electron chi connectivity index (χ0n) is 48.1. The van der Waals surface area contributed by atoms with Gasteiger partial charge in [-0.05, 0) is 70.6 Å². The molecule has 9 nitrogen and oxygen atoms in total. The van der Waals surface area contributed by atoms with Crippen LogP contribution in [0, 0.1) is 0 Å². The summed E-state index contributed by atoms with van der Waals surface area (Å²) in [6.07, 6.45) is 72.1. The lowest BCUT2D eigenvalue weighted by Crippen LogP contribution is -2.29. The maximum atomic E-state index is 12.7. The Morgan fingerprint density at radius 3 is 1.05 bits per heavy atom. The third-order valence-corrected chi connectivity index (χ3v) is 15.0. The Morgan fingerprint density at radius 2 is 0.712 bits per heavy atom. The SMILES string of the molecule is CCCCCCC/C=C\C/C=C\CCCCCCCCCCCCCC(=O)OC(COC(=O)CCCCCCCCCCCCCCCCCCC/C=C\CCCCCCCCCC)COP(=O)(O)OCCN. The second kappa shape index (κ2) is 59.5. The van der Waals surface area contributed by atoms with Crippen molar-refractivity contribution in [1.29, 1.82) is 0 Å². The van der Waals surface area contributed by atoms with Crippen molar-refractivity contribution in [3.63, 3.8) is 0 Å². The van der Waals surface area contributed by atoms with Crippen LogP contribution in [0.2, 0.25) is 0 Å². The molecule has 0 radical (unpaired) electrons. The molecule has 0 aromatic carbocycles. The van der Waals surface area contributed by atoms with Crippen LogP contribution < -0.4 is 5.73 Å². The van der Waals surface area contributed by atoms with Crippen LogP contribution in [-0.2, 0) is 32.7 Å². The van der Waals surface area contributed by atoms with E-state index in [4.69, 9.17) is 24.3 Å². The molecule has 0 aliphatic rings. The van der Waals surface area contributed by atoms with Gasteiger partial charge in [0.15, 0.2) is 6.10 Å². The summed E-state index contributed by atoms with van der Waals surface area (Å²) in [4.78, 5) is 35.2. The average molecular weight is 1050 g/mol. The fourth-order valence-corrected chi connectivity index (χ4v) is 10.1. The largest absolute Gasteiger partial charge is 0.472 e. The van der Waals surface area contributed by atoms with E-state index in [0.717, 1.165) is 44.9 Å². The number of phosphoric acid groups is 1. The number of hydrogen-bond acceptors (Lipinski definition) is 8. The first-order valence-electron chi connectivity index (χ1n) is 31.5. The van der Waals surface area contributed by atoms with Crippen LogP contribution in [0.15, 0.2) is 36.5 Å². The monoisotopic (exact) mass is 1050 g/mol. The van der Waals surface area contributed by atoms with E-state index in [2.05, 4.69) is 50.3 Å². The van der Waals surface area contributed by atoms with Gasteiger partial charge in [0, 0.05) is 19.4 Å². The lowest BCUT2D eigenvalue weighted by atomic mass is 10.0. The Bertz CT molecular complexity index is 1290. The van der Waals surface area contributed by atoms with Gasteiger partial charge in [0.25, 0.3) is 0 Å². The summed E-state index contributed by atoms with van der Waals surface area (Å²) in [5.41, 5.74) is 5.39. The molecule has 0 aliphatic carbocycles. The van der Waals surface area contributed by atoms with Crippen LogP contribution in [0.4, 0.5) is 0 Å². The number of unbranched alkanes of at least 4 members (excludes halogenated alkanes) is 41. The quantitative estimate of drug-likeness (QED) is 0.0264. The molecule has 0 amide bonds. The predicted octanol–water partition coefficient (Wildman–Crippen LogP) is 20.0. The Hall–Kier alpha value is -1.77. The van der Waals surface area contributed by atoms with E-state index in [-0.39, 0.29) is 38.6 Å². The molecule has 0 rings (SSSR count). The van der Waals surface area contributed by atoms with Gasteiger partial charge in [-0.2, -0.15) is 0 Å². The van der Waals surface area contributed by atoms with Crippen molar-refractivity contribution in [3.8, 4) is 0 Å². The smallest absolute Gasteiger partial charge is 0.462 e. The van der Waals surface area contributed by atoms with Crippen molar-refractivity contribution in [2.24, 2.45) is 5.73 Å². The number of allylic oxidation sites excluding steroid dienone is 6. The molecule has 10 heteroatoms. The average Bonchev–Trinajstić information content (AvgIpc) is 3.38. The molecular formula is C63H120NO8P. The summed E-state index contributed by atoms with van der Waals surface area (Å²) >= 11 is 0. The second-order valence-corrected chi connectivity index (χ2v) is 22.7. The summed E-state index contributed by atoms with van der Waals surface area (Å²) in [6, 6.07) is 0. The predicted molar refractivity (Wildman–Crippen MR) is 312 cm³/mol. The number of esters is 2. The number of carbonyl (C=O) groups is 2. The third kappa shape index (κ3) is 59.3. The minimum absolute atomic E-state index is 0.0544. The van der Waals surface area contributed by atoms with Gasteiger partial charge >= 0.3 is 19.8 Å². The molecule has 0 spiro atoms. The van der Waals surface area contributed by atoms with Crippen LogP contribution in [-0.4, -0.2) is 49.3 Å². The van der Waals surface area contributed by atoms with Crippen molar-refractivity contribution in [3.05, 3.63) is 36.5 Å². The lowest BCUT2D eigenvalue weighted by Gasteiger charge is -2.19. The van der Waals surface area contributed by atoms with Crippen molar-refractivity contribution < 1.29 is 37.6 Å². The first-order valence-corrected chi connectivity index (χ1v) is 33.0. The zero-order valence-corrected chi connectivity index (χ0v) is 49.0. The first kappa shape index (κ1) is 71.2. The molecule has 0 fully saturated rings. The van der Waals surface area contributed by atoms with Crippen molar-refractivity contribution in [1.82, 2.24) is 0 Å². The molecule has 430 valence electrons. The van der Waals surface area contributed by atoms with Crippen molar-refractivity contribution in [2.45, 2.75) is 328 Å². The van der Waals surface area contributed by atoms with E-state index < -0.39 is 26.5 Å². The Labute approximate surface area is 452 Å². The molecule has 0 heterocycles. The second-order valence-electron chi connectivity index (χ2n) is 21.3. The molecule has 0 aliphatic heterocycles. The van der Waals surface area contributed by atoms with E-state index in [0.29, 0.717) is 6.42 Å². The maximum Gasteiger partial charge on any atom is 0.472 e. The number of hydrogen-bond donors (Lipinski definition) is 2. The highest BCUT2D eigenvalue weighted by atomic mass is 31.2. The normalized spacial score (nSPS) is 13.2. The number of phosphoric ester groups is 1. The fourth-order valence-electron chi connectivity index (χ4n) is 9.31. The molecule has 0 aromatic rings. The van der Waals surface area contributed by atoms with E-state index in [1.54, 1.807) is 0 Å². The molecule has 2 unspecified atom stereocenters. The fraction of sp³-hybridized carbons (Fsp3) is 0.873. The molecule has 73 heavy (non-hydrogen) atoms. The third-order valence-electron chi connectivity index (χ3n) is 14.0. The molecule has 0 aromatic heterocycles. The summed E-state index contributed by atoms with van der Waals surface area (Å²) in [6.45, 7) is 3.79. The minimum atomic E-state index is -4.39. The Morgan fingerprint density at radius 1 is 0.411 bits per heavy atom. The van der Waals surface area contributed by atoms with Crippen LogP contribution in [0.25, 0.3) is 0 Å². The van der Waals surface area contributed by atoms with E-state index >= 15 is 0 Å². The highest BCUT2D eigenvalue weighted by molar-refractivity contribution is 7.47. The molecule has 2 atom stereocenters. The molecule has 0 bridgehead atoms. The number of nitrogens with two attached hydrogens (primary N) is 1. The van der Waals surface area contributed by atoms with E-state index in [1.807, 2.05) is 0 Å². The van der Waals surface area contributed by atoms with Crippen LogP contribution in [0.5, 0.6) is 0 Å². The first-order chi connectivity index (χ1) is 35.8. The summed E-state index contributed by atoms with van der Waals surface area (Å²) < 4.78 is 33.1. The van der Waals surface area contributed by atoms with Gasteiger partial charge in [-0.3, -0.25) is 18.6 Å². The van der Waals surface area contributed by atoms with Gasteiger partial charge in [0.2, 0.25) is 0 Å². The topological polar surface area (TPSA) is 134 Å². The molecular weight excluding hydrogens is 930 g/mol. The standard InChI is InChI=1S/C63H120NO8P/c1-3-5-7-9-11-13-15-17-19-21-23-25-27-28-29-30-31-32-34-35-37-39-41-43-45-47-49-51-53-55-62(65)69-59-61(60-71-73(67,68)70-58-57-64)72-63(66)56-54-52-50-48-46-44-42-40-38-36-33-26-24-22-20-18-16-14-12-10-8-6-4-2/h16,18,21-24,61H,3-15,17,19-20,25-60,64H2,1-2H3,(H,67,68)/b18-16-,23-21-,24-22-. The van der Waals surface area contributed by atoms with Crippen LogP contribution in [0.3, 0.4) is 0 Å². The van der Waals surface area contributed by atoms with Gasteiger partial charge in [0.05, 0.1) is 13.2 Å². The van der Waals surface area contributed by atoms with Crippen molar-refractivity contribution >= 4 is 19.8 Å². The van der Waals surface area contributed by atoms with Gasteiger partial charge < -0.3 is 20.1 Å². The number of rotatable bonds is 60. The van der Waals surface area contributed by atoms with Gasteiger partial charge in [-0.25, -0.2) is 4.57 Å². The van der Waals surface area contributed by atoms with Gasteiger partial charge in [-0.15, -0.1) is 0 Å². The minimum Gasteiger partial charge on any atom is -0.462 e.